The molecule has 1 saturated heterocycles. The first-order chi connectivity index (χ1) is 13.8. The molecule has 1 fully saturated rings. The second kappa shape index (κ2) is 9.18. The number of morpholine rings is 1. The van der Waals surface area contributed by atoms with Crippen molar-refractivity contribution >= 4 is 51.1 Å². The third-order valence-electron chi connectivity index (χ3n) is 4.27. The van der Waals surface area contributed by atoms with Crippen molar-refractivity contribution in [3.63, 3.8) is 0 Å². The maximum absolute atomic E-state index is 12.0. The van der Waals surface area contributed by atoms with Gasteiger partial charge in [0.25, 0.3) is 5.91 Å². The number of thiazole rings is 1. The normalized spacial score (nSPS) is 14.6. The number of hydrogen-bond acceptors (Lipinski definition) is 7. The van der Waals surface area contributed by atoms with Gasteiger partial charge in [0.05, 0.1) is 35.4 Å². The van der Waals surface area contributed by atoms with Crippen LogP contribution in [0.15, 0.2) is 58.0 Å². The molecule has 8 heteroatoms. The zero-order valence-corrected chi connectivity index (χ0v) is 16.8. The number of aromatic nitrogens is 1. The molecular formula is C20H20N4O2S2. The maximum atomic E-state index is 12.0. The van der Waals surface area contributed by atoms with Gasteiger partial charge in [0.2, 0.25) is 0 Å². The zero-order chi connectivity index (χ0) is 19.2. The van der Waals surface area contributed by atoms with Gasteiger partial charge in [0.1, 0.15) is 0 Å². The van der Waals surface area contributed by atoms with Crippen LogP contribution in [0.25, 0.3) is 10.2 Å². The second-order valence-corrected chi connectivity index (χ2v) is 8.47. The van der Waals surface area contributed by atoms with E-state index in [4.69, 9.17) is 4.74 Å². The van der Waals surface area contributed by atoms with Crippen molar-refractivity contribution in [2.75, 3.05) is 37.0 Å². The van der Waals surface area contributed by atoms with Gasteiger partial charge in [-0.2, -0.15) is 5.10 Å². The fourth-order valence-corrected chi connectivity index (χ4v) is 4.70. The van der Waals surface area contributed by atoms with E-state index < -0.39 is 0 Å². The van der Waals surface area contributed by atoms with E-state index >= 15 is 0 Å². The van der Waals surface area contributed by atoms with Crippen molar-refractivity contribution < 1.29 is 9.53 Å². The number of benzene rings is 2. The predicted molar refractivity (Wildman–Crippen MR) is 116 cm³/mol. The summed E-state index contributed by atoms with van der Waals surface area (Å²) in [5.74, 6) is 0.137. The molecule has 1 N–H and O–H groups in total. The van der Waals surface area contributed by atoms with E-state index in [0.29, 0.717) is 0 Å². The molecule has 6 nitrogen and oxygen atoms in total. The first kappa shape index (κ1) is 18.9. The third kappa shape index (κ3) is 4.89. The molecule has 2 aromatic carbocycles. The molecule has 0 radical (unpaired) electrons. The topological polar surface area (TPSA) is 66.8 Å². The molecule has 1 aromatic heterocycles. The number of hydrogen-bond donors (Lipinski definition) is 1. The minimum Gasteiger partial charge on any atom is -0.378 e. The average molecular weight is 413 g/mol. The van der Waals surface area contributed by atoms with Crippen molar-refractivity contribution in [2.45, 2.75) is 4.34 Å². The van der Waals surface area contributed by atoms with Gasteiger partial charge in [-0.05, 0) is 29.8 Å². The summed E-state index contributed by atoms with van der Waals surface area (Å²) in [4.78, 5) is 18.8. The van der Waals surface area contributed by atoms with Crippen LogP contribution in [0.5, 0.6) is 0 Å². The Labute approximate surface area is 171 Å². The molecule has 4 rings (SSSR count). The Morgan fingerprint density at radius 1 is 1.21 bits per heavy atom. The maximum Gasteiger partial charge on any atom is 0.250 e. The Balaban J connectivity index is 1.25. The number of carbonyl (C=O) groups excluding carboxylic acids is 1. The first-order valence-electron chi connectivity index (χ1n) is 9.01. The Morgan fingerprint density at radius 3 is 2.79 bits per heavy atom. The molecule has 0 saturated carbocycles. The van der Waals surface area contributed by atoms with Crippen molar-refractivity contribution in [1.29, 1.82) is 0 Å². The predicted octanol–water partition coefficient (Wildman–Crippen LogP) is 3.38. The smallest absolute Gasteiger partial charge is 0.250 e. The fourth-order valence-electron chi connectivity index (χ4n) is 2.84. The van der Waals surface area contributed by atoms with Gasteiger partial charge < -0.3 is 9.64 Å². The number of hydrazone groups is 1. The summed E-state index contributed by atoms with van der Waals surface area (Å²) >= 11 is 3.02. The van der Waals surface area contributed by atoms with Gasteiger partial charge >= 0.3 is 0 Å². The lowest BCUT2D eigenvalue weighted by Crippen LogP contribution is -2.36. The molecule has 0 spiro atoms. The number of anilines is 1. The van der Waals surface area contributed by atoms with Crippen LogP contribution in [0.4, 0.5) is 5.69 Å². The number of nitrogens with zero attached hydrogens (tertiary/aromatic N) is 3. The summed E-state index contributed by atoms with van der Waals surface area (Å²) < 4.78 is 7.39. The number of carbonyl (C=O) groups is 1. The van der Waals surface area contributed by atoms with E-state index in [1.54, 1.807) is 17.6 Å². The molecule has 0 bridgehead atoms. The first-order valence-corrected chi connectivity index (χ1v) is 10.8. The van der Waals surface area contributed by atoms with Crippen molar-refractivity contribution in [3.05, 3.63) is 54.1 Å². The van der Waals surface area contributed by atoms with Gasteiger partial charge in [-0.15, -0.1) is 11.3 Å². The SMILES string of the molecule is O=C(CSc1nc2ccccc2s1)N/N=C/c1ccc(N2CCOCC2)cc1. The molecule has 2 heterocycles. The van der Waals surface area contributed by atoms with Crippen LogP contribution in [-0.2, 0) is 9.53 Å². The van der Waals surface area contributed by atoms with Crippen LogP contribution < -0.4 is 10.3 Å². The molecule has 0 atom stereocenters. The molecule has 1 aliphatic rings. The molecule has 1 aliphatic heterocycles. The number of para-hydroxylation sites is 1. The number of amides is 1. The Hall–Kier alpha value is -2.42. The number of thioether (sulfide) groups is 1. The van der Waals surface area contributed by atoms with Gasteiger partial charge in [-0.3, -0.25) is 4.79 Å². The highest BCUT2D eigenvalue weighted by Crippen LogP contribution is 2.29. The van der Waals surface area contributed by atoms with Crippen LogP contribution >= 0.6 is 23.1 Å². The summed E-state index contributed by atoms with van der Waals surface area (Å²) in [6.07, 6.45) is 1.66. The van der Waals surface area contributed by atoms with E-state index in [1.807, 2.05) is 36.4 Å². The van der Waals surface area contributed by atoms with E-state index in [1.165, 1.54) is 17.4 Å². The summed E-state index contributed by atoms with van der Waals surface area (Å²) in [6.45, 7) is 3.36. The van der Waals surface area contributed by atoms with Crippen LogP contribution in [0.2, 0.25) is 0 Å². The summed E-state index contributed by atoms with van der Waals surface area (Å²) in [7, 11) is 0. The van der Waals surface area contributed by atoms with E-state index in [2.05, 4.69) is 32.5 Å². The lowest BCUT2D eigenvalue weighted by molar-refractivity contribution is -0.118. The molecule has 0 aliphatic carbocycles. The van der Waals surface area contributed by atoms with Crippen LogP contribution in [0.3, 0.4) is 0 Å². The Kier molecular flexibility index (Phi) is 6.20. The summed E-state index contributed by atoms with van der Waals surface area (Å²) in [5.41, 5.74) is 5.66. The van der Waals surface area contributed by atoms with Gasteiger partial charge in [-0.25, -0.2) is 10.4 Å². The van der Waals surface area contributed by atoms with Gasteiger partial charge in [0.15, 0.2) is 4.34 Å². The Morgan fingerprint density at radius 2 is 2.00 bits per heavy atom. The highest BCUT2D eigenvalue weighted by atomic mass is 32.2. The van der Waals surface area contributed by atoms with Crippen LogP contribution in [0, 0.1) is 0 Å². The third-order valence-corrected chi connectivity index (χ3v) is 6.45. The number of nitrogens with one attached hydrogen (secondary N) is 1. The number of fused-ring (bicyclic) bond motifs is 1. The average Bonchev–Trinajstić information content (AvgIpc) is 3.16. The number of rotatable bonds is 6. The van der Waals surface area contributed by atoms with E-state index in [0.717, 1.165) is 46.4 Å². The standard InChI is InChI=1S/C20H20N4O2S2/c25-19(14-27-20-22-17-3-1-2-4-18(17)28-20)23-21-13-15-5-7-16(8-6-15)24-9-11-26-12-10-24/h1-8,13H,9-12,14H2,(H,23,25)/b21-13+. The van der Waals surface area contributed by atoms with Gasteiger partial charge in [0, 0.05) is 18.8 Å². The lowest BCUT2D eigenvalue weighted by atomic mass is 10.2. The Bertz CT molecular complexity index is 933. The van der Waals surface area contributed by atoms with E-state index in [-0.39, 0.29) is 11.7 Å². The second-order valence-electron chi connectivity index (χ2n) is 6.22. The zero-order valence-electron chi connectivity index (χ0n) is 15.2. The summed E-state index contributed by atoms with van der Waals surface area (Å²) in [6, 6.07) is 16.1. The lowest BCUT2D eigenvalue weighted by Gasteiger charge is -2.28. The van der Waals surface area contributed by atoms with Crippen LogP contribution in [0.1, 0.15) is 5.56 Å². The molecule has 0 unspecified atom stereocenters. The van der Waals surface area contributed by atoms with Crippen molar-refractivity contribution in [3.8, 4) is 0 Å². The van der Waals surface area contributed by atoms with Gasteiger partial charge in [-0.1, -0.05) is 36.0 Å². The highest BCUT2D eigenvalue weighted by molar-refractivity contribution is 8.01. The largest absolute Gasteiger partial charge is 0.378 e. The quantitative estimate of drug-likeness (QED) is 0.382. The van der Waals surface area contributed by atoms with E-state index in [9.17, 15) is 4.79 Å². The highest BCUT2D eigenvalue weighted by Gasteiger charge is 2.10. The minimum atomic E-state index is -0.148. The fraction of sp³-hybridized carbons (Fsp3) is 0.250. The molecular weight excluding hydrogens is 392 g/mol. The van der Waals surface area contributed by atoms with Crippen LogP contribution in [-0.4, -0.2) is 49.2 Å². The molecule has 28 heavy (non-hydrogen) atoms. The summed E-state index contributed by atoms with van der Waals surface area (Å²) in [5, 5.41) is 4.05. The van der Waals surface area contributed by atoms with Crippen molar-refractivity contribution in [2.24, 2.45) is 5.10 Å². The molecule has 1 amide bonds. The minimum absolute atomic E-state index is 0.148. The van der Waals surface area contributed by atoms with Crippen molar-refractivity contribution in [1.82, 2.24) is 10.4 Å². The molecule has 144 valence electrons. The molecule has 3 aromatic rings. The number of ether oxygens (including phenoxy) is 1. The monoisotopic (exact) mass is 412 g/mol.